The molecular formula is C21H17Cl2F3O. The van der Waals surface area contributed by atoms with Crippen LogP contribution in [0.4, 0.5) is 13.2 Å². The van der Waals surface area contributed by atoms with Crippen molar-refractivity contribution in [2.24, 2.45) is 0 Å². The third-order valence-electron chi connectivity index (χ3n) is 4.79. The van der Waals surface area contributed by atoms with E-state index in [-0.39, 0.29) is 21.5 Å². The van der Waals surface area contributed by atoms with E-state index in [1.54, 1.807) is 12.1 Å². The number of rotatable bonds is 3. The Bertz CT molecular complexity index is 896. The maximum atomic E-state index is 13.7. The van der Waals surface area contributed by atoms with Crippen molar-refractivity contribution < 1.29 is 18.0 Å². The molecule has 0 aliphatic heterocycles. The van der Waals surface area contributed by atoms with Crippen LogP contribution in [0.25, 0.3) is 5.57 Å². The van der Waals surface area contributed by atoms with Gasteiger partial charge in [-0.15, -0.1) is 0 Å². The van der Waals surface area contributed by atoms with Gasteiger partial charge in [0.05, 0.1) is 5.57 Å². The highest BCUT2D eigenvalue weighted by Gasteiger charge is 2.36. The van der Waals surface area contributed by atoms with Crippen LogP contribution in [0.3, 0.4) is 0 Å². The fourth-order valence-electron chi connectivity index (χ4n) is 3.62. The monoisotopic (exact) mass is 412 g/mol. The number of ketones is 1. The van der Waals surface area contributed by atoms with Crippen LogP contribution in [0.2, 0.25) is 10.0 Å². The summed E-state index contributed by atoms with van der Waals surface area (Å²) >= 11 is 11.7. The molecule has 142 valence electrons. The first-order valence-corrected chi connectivity index (χ1v) is 9.34. The van der Waals surface area contributed by atoms with Crippen LogP contribution in [0.5, 0.6) is 0 Å². The van der Waals surface area contributed by atoms with Gasteiger partial charge in [0.2, 0.25) is 0 Å². The maximum Gasteiger partial charge on any atom is 0.417 e. The zero-order valence-corrected chi connectivity index (χ0v) is 16.1. The Balaban J connectivity index is 2.11. The van der Waals surface area contributed by atoms with Crippen molar-refractivity contribution in [2.45, 2.75) is 38.3 Å². The molecule has 0 saturated carbocycles. The molecule has 0 aromatic heterocycles. The van der Waals surface area contributed by atoms with E-state index in [4.69, 9.17) is 23.2 Å². The summed E-state index contributed by atoms with van der Waals surface area (Å²) in [6, 6.07) is 8.91. The Hall–Kier alpha value is -1.78. The first kappa shape index (κ1) is 20.0. The predicted octanol–water partition coefficient (Wildman–Crippen LogP) is 7.26. The first-order valence-electron chi connectivity index (χ1n) is 8.58. The number of halogens is 5. The largest absolute Gasteiger partial charge is 0.417 e. The van der Waals surface area contributed by atoms with E-state index in [9.17, 15) is 18.0 Å². The smallest absolute Gasteiger partial charge is 0.289 e. The molecule has 1 nitrogen and oxygen atoms in total. The molecule has 1 aliphatic carbocycles. The molecule has 1 unspecified atom stereocenters. The number of hydrogen-bond acceptors (Lipinski definition) is 1. The average Bonchev–Trinajstić information content (AvgIpc) is 2.57. The quantitative estimate of drug-likeness (QED) is 0.382. The van der Waals surface area contributed by atoms with Gasteiger partial charge in [-0.05, 0) is 66.1 Å². The van der Waals surface area contributed by atoms with Crippen molar-refractivity contribution in [3.8, 4) is 0 Å². The van der Waals surface area contributed by atoms with Gasteiger partial charge in [-0.3, -0.25) is 4.79 Å². The molecule has 0 radical (unpaired) electrons. The molecule has 6 heteroatoms. The zero-order chi connectivity index (χ0) is 19.8. The number of carbonyl (C=O) groups excluding carboxylic acids is 1. The molecule has 0 bridgehead atoms. The number of hydrogen-bond donors (Lipinski definition) is 0. The molecule has 1 atom stereocenters. The van der Waals surface area contributed by atoms with Gasteiger partial charge >= 0.3 is 6.18 Å². The summed E-state index contributed by atoms with van der Waals surface area (Å²) in [5.41, 5.74) is 0.932. The van der Waals surface area contributed by atoms with Gasteiger partial charge in [-0.1, -0.05) is 48.3 Å². The summed E-state index contributed by atoms with van der Waals surface area (Å²) in [6.07, 6.45) is -1.31. The topological polar surface area (TPSA) is 17.1 Å². The highest BCUT2D eigenvalue weighted by molar-refractivity contribution is 6.35. The van der Waals surface area contributed by atoms with E-state index in [2.05, 4.69) is 0 Å². The van der Waals surface area contributed by atoms with Crippen LogP contribution < -0.4 is 0 Å². The highest BCUT2D eigenvalue weighted by Crippen LogP contribution is 2.38. The minimum absolute atomic E-state index is 0.0748. The molecule has 2 aromatic carbocycles. The predicted molar refractivity (Wildman–Crippen MR) is 103 cm³/mol. The molecular weight excluding hydrogens is 396 g/mol. The number of aryl methyl sites for hydroxylation is 1. The minimum Gasteiger partial charge on any atom is -0.289 e. The third kappa shape index (κ3) is 4.39. The SMILES string of the molecule is CC1CCCc2cccc(C(=O)C=C(c3cc(Cl)cc(Cl)c3)C(F)(F)F)c21. The van der Waals surface area contributed by atoms with E-state index >= 15 is 0 Å². The van der Waals surface area contributed by atoms with Crippen molar-refractivity contribution in [2.75, 3.05) is 0 Å². The second-order valence-electron chi connectivity index (χ2n) is 6.75. The lowest BCUT2D eigenvalue weighted by atomic mass is 9.80. The Kier molecular flexibility index (Phi) is 5.68. The lowest BCUT2D eigenvalue weighted by Crippen LogP contribution is -2.16. The van der Waals surface area contributed by atoms with Crippen molar-refractivity contribution in [1.82, 2.24) is 0 Å². The number of carbonyl (C=O) groups is 1. The molecule has 0 N–H and O–H groups in total. The van der Waals surface area contributed by atoms with Gasteiger partial charge in [-0.25, -0.2) is 0 Å². The molecule has 27 heavy (non-hydrogen) atoms. The molecule has 0 heterocycles. The van der Waals surface area contributed by atoms with Gasteiger partial charge in [0.25, 0.3) is 0 Å². The highest BCUT2D eigenvalue weighted by atomic mass is 35.5. The van der Waals surface area contributed by atoms with E-state index in [0.29, 0.717) is 11.6 Å². The van der Waals surface area contributed by atoms with Gasteiger partial charge < -0.3 is 0 Å². The van der Waals surface area contributed by atoms with Crippen molar-refractivity contribution >= 4 is 34.6 Å². The maximum absolute atomic E-state index is 13.7. The summed E-state index contributed by atoms with van der Waals surface area (Å²) < 4.78 is 41.0. The lowest BCUT2D eigenvalue weighted by molar-refractivity contribution is -0.0689. The number of alkyl halides is 3. The summed E-state index contributed by atoms with van der Waals surface area (Å²) in [5, 5.41) is 0.150. The second kappa shape index (κ2) is 7.69. The average molecular weight is 413 g/mol. The van der Waals surface area contributed by atoms with E-state index in [0.717, 1.165) is 42.5 Å². The number of benzene rings is 2. The molecule has 0 fully saturated rings. The van der Waals surface area contributed by atoms with Gasteiger partial charge in [0, 0.05) is 15.6 Å². The molecule has 2 aromatic rings. The molecule has 0 saturated heterocycles. The Morgan fingerprint density at radius 2 is 1.81 bits per heavy atom. The first-order chi connectivity index (χ1) is 12.7. The number of allylic oxidation sites excluding steroid dienone is 2. The Morgan fingerprint density at radius 1 is 1.15 bits per heavy atom. The van der Waals surface area contributed by atoms with Crippen LogP contribution in [0.15, 0.2) is 42.5 Å². The number of fused-ring (bicyclic) bond motifs is 1. The minimum atomic E-state index is -4.72. The van der Waals surface area contributed by atoms with Crippen LogP contribution in [-0.2, 0) is 6.42 Å². The fourth-order valence-corrected chi connectivity index (χ4v) is 4.14. The third-order valence-corrected chi connectivity index (χ3v) is 5.23. The van der Waals surface area contributed by atoms with Crippen LogP contribution in [-0.4, -0.2) is 12.0 Å². The molecule has 0 amide bonds. The van der Waals surface area contributed by atoms with Crippen molar-refractivity contribution in [1.29, 1.82) is 0 Å². The van der Waals surface area contributed by atoms with E-state index in [1.807, 2.05) is 13.0 Å². The Morgan fingerprint density at radius 3 is 2.44 bits per heavy atom. The van der Waals surface area contributed by atoms with Crippen LogP contribution in [0.1, 0.15) is 52.7 Å². The Labute approximate surface area is 165 Å². The zero-order valence-electron chi connectivity index (χ0n) is 14.5. The molecule has 0 spiro atoms. The summed E-state index contributed by atoms with van der Waals surface area (Å²) in [5.74, 6) is -0.527. The van der Waals surface area contributed by atoms with Crippen LogP contribution in [0, 0.1) is 0 Å². The molecule has 1 aliphatic rings. The summed E-state index contributed by atoms with van der Waals surface area (Å²) in [7, 11) is 0. The molecule has 3 rings (SSSR count). The van der Waals surface area contributed by atoms with Crippen LogP contribution >= 0.6 is 23.2 Å². The van der Waals surface area contributed by atoms with E-state index < -0.39 is 17.5 Å². The summed E-state index contributed by atoms with van der Waals surface area (Å²) in [4.78, 5) is 12.8. The van der Waals surface area contributed by atoms with E-state index in [1.165, 1.54) is 6.07 Å². The normalized spacial score (nSPS) is 17.6. The standard InChI is InChI=1S/C21H17Cl2F3O/c1-12-4-2-5-13-6-3-7-17(20(12)13)19(27)11-18(21(24,25)26)14-8-15(22)10-16(23)9-14/h3,6-12H,2,4-5H2,1H3. The van der Waals surface area contributed by atoms with Gasteiger partial charge in [0.1, 0.15) is 0 Å². The van der Waals surface area contributed by atoms with Gasteiger partial charge in [-0.2, -0.15) is 13.2 Å². The van der Waals surface area contributed by atoms with Gasteiger partial charge in [0.15, 0.2) is 5.78 Å². The summed E-state index contributed by atoms with van der Waals surface area (Å²) in [6.45, 7) is 2.00. The fraction of sp³-hybridized carbons (Fsp3) is 0.286. The lowest BCUT2D eigenvalue weighted by Gasteiger charge is -2.24. The van der Waals surface area contributed by atoms with Crippen molar-refractivity contribution in [3.05, 3.63) is 74.8 Å². The van der Waals surface area contributed by atoms with Crippen molar-refractivity contribution in [3.63, 3.8) is 0 Å². The second-order valence-corrected chi connectivity index (χ2v) is 7.62.